The summed E-state index contributed by atoms with van der Waals surface area (Å²) in [6.07, 6.45) is 0.583. The van der Waals surface area contributed by atoms with E-state index >= 15 is 0 Å². The second-order valence-electron chi connectivity index (χ2n) is 9.40. The highest BCUT2D eigenvalue weighted by atomic mass is 35.5. The molecule has 4 aromatic carbocycles. The van der Waals surface area contributed by atoms with Crippen LogP contribution in [-0.2, 0) is 39.1 Å². The highest BCUT2D eigenvalue weighted by Crippen LogP contribution is 2.35. The van der Waals surface area contributed by atoms with Crippen molar-refractivity contribution in [2.24, 2.45) is 0 Å². The van der Waals surface area contributed by atoms with E-state index in [-0.39, 0.29) is 27.9 Å². The topological polar surface area (TPSA) is 84.0 Å². The number of hydrogen-bond donors (Lipinski definition) is 0. The van der Waals surface area contributed by atoms with Gasteiger partial charge < -0.3 is 9.64 Å². The molecule has 7 nitrogen and oxygen atoms in total. The van der Waals surface area contributed by atoms with Crippen LogP contribution in [0.1, 0.15) is 27.0 Å². The molecule has 0 radical (unpaired) electrons. The van der Waals surface area contributed by atoms with E-state index in [1.807, 2.05) is 72.8 Å². The number of nitrogens with zero attached hydrogens (tertiary/aromatic N) is 2. The molecular weight excluding hydrogens is 548 g/mol. The summed E-state index contributed by atoms with van der Waals surface area (Å²) in [5.74, 6) is -1.20. The lowest BCUT2D eigenvalue weighted by Crippen LogP contribution is -2.34. The maximum atomic E-state index is 13.5. The van der Waals surface area contributed by atoms with Gasteiger partial charge in [0.15, 0.2) is 6.61 Å². The summed E-state index contributed by atoms with van der Waals surface area (Å²) in [5, 5.41) is -0.00564. The first-order valence-electron chi connectivity index (χ1n) is 12.8. The lowest BCUT2D eigenvalue weighted by Gasteiger charge is -2.23. The number of benzene rings is 4. The zero-order valence-corrected chi connectivity index (χ0v) is 23.1. The fourth-order valence-corrected chi connectivity index (χ4v) is 6.65. The molecule has 0 aromatic heterocycles. The molecule has 0 saturated heterocycles. The third-order valence-electron chi connectivity index (χ3n) is 6.69. The lowest BCUT2D eigenvalue weighted by molar-refractivity contribution is -0.135. The van der Waals surface area contributed by atoms with Gasteiger partial charge >= 0.3 is 5.97 Å². The average molecular weight is 575 g/mol. The molecule has 9 heteroatoms. The molecule has 1 aliphatic rings. The summed E-state index contributed by atoms with van der Waals surface area (Å²) in [5.41, 5.74) is 3.38. The number of halogens is 1. The van der Waals surface area contributed by atoms with Gasteiger partial charge in [0.05, 0.1) is 16.3 Å². The van der Waals surface area contributed by atoms with Crippen molar-refractivity contribution in [2.45, 2.75) is 24.4 Å². The zero-order chi connectivity index (χ0) is 28.1. The van der Waals surface area contributed by atoms with Crippen molar-refractivity contribution in [1.29, 1.82) is 0 Å². The summed E-state index contributed by atoms with van der Waals surface area (Å²) in [6, 6.07) is 30.3. The number of anilines is 1. The predicted molar refractivity (Wildman–Crippen MR) is 154 cm³/mol. The largest absolute Gasteiger partial charge is 0.452 e. The van der Waals surface area contributed by atoms with Crippen molar-refractivity contribution in [2.75, 3.05) is 17.5 Å². The molecule has 0 saturated carbocycles. The van der Waals surface area contributed by atoms with Gasteiger partial charge in [-0.25, -0.2) is 13.2 Å². The number of para-hydroxylation sites is 1. The molecule has 0 unspecified atom stereocenters. The van der Waals surface area contributed by atoms with Crippen molar-refractivity contribution in [3.05, 3.63) is 130 Å². The van der Waals surface area contributed by atoms with Crippen LogP contribution < -0.4 is 4.31 Å². The van der Waals surface area contributed by atoms with E-state index in [0.29, 0.717) is 25.2 Å². The van der Waals surface area contributed by atoms with Crippen LogP contribution in [0.4, 0.5) is 5.69 Å². The standard InChI is InChI=1S/C31H27ClN2O5S/c32-27-16-15-26(19-29(27)40(37,38)34-18-17-25-13-7-8-14-28(25)34)31(36)39-22-30(35)33(20-23-9-3-1-4-10-23)21-24-11-5-2-6-12-24/h1-16,19H,17-18,20-22H2. The fourth-order valence-electron chi connectivity index (χ4n) is 4.65. The third kappa shape index (κ3) is 6.03. The number of amides is 1. The van der Waals surface area contributed by atoms with E-state index in [1.54, 1.807) is 17.0 Å². The van der Waals surface area contributed by atoms with Crippen molar-refractivity contribution in [1.82, 2.24) is 4.90 Å². The van der Waals surface area contributed by atoms with Gasteiger partial charge in [0.25, 0.3) is 15.9 Å². The lowest BCUT2D eigenvalue weighted by atomic mass is 10.1. The van der Waals surface area contributed by atoms with Crippen LogP contribution in [0.15, 0.2) is 108 Å². The SMILES string of the molecule is O=C(OCC(=O)N(Cc1ccccc1)Cc1ccccc1)c1ccc(Cl)c(S(=O)(=O)N2CCc3ccccc32)c1. The van der Waals surface area contributed by atoms with Gasteiger partial charge in [0.2, 0.25) is 0 Å². The number of esters is 1. The second-order valence-corrected chi connectivity index (χ2v) is 11.6. The summed E-state index contributed by atoms with van der Waals surface area (Å²) in [6.45, 7) is 0.460. The molecule has 4 aromatic rings. The highest BCUT2D eigenvalue weighted by molar-refractivity contribution is 7.93. The number of ether oxygens (including phenoxy) is 1. The van der Waals surface area contributed by atoms with Crippen LogP contribution in [0.2, 0.25) is 5.02 Å². The Morgan fingerprint density at radius 2 is 1.43 bits per heavy atom. The minimum atomic E-state index is -4.03. The molecule has 5 rings (SSSR count). The summed E-state index contributed by atoms with van der Waals surface area (Å²) < 4.78 is 33.7. The Balaban J connectivity index is 1.31. The summed E-state index contributed by atoms with van der Waals surface area (Å²) in [7, 11) is -4.03. The van der Waals surface area contributed by atoms with Crippen molar-refractivity contribution in [3.63, 3.8) is 0 Å². The van der Waals surface area contributed by atoms with Gasteiger partial charge in [-0.15, -0.1) is 0 Å². The summed E-state index contributed by atoms with van der Waals surface area (Å²) >= 11 is 6.30. The molecule has 0 bridgehead atoms. The minimum absolute atomic E-state index is 0.00564. The Labute approximate surface area is 238 Å². The smallest absolute Gasteiger partial charge is 0.338 e. The van der Waals surface area contributed by atoms with E-state index in [9.17, 15) is 18.0 Å². The number of rotatable bonds is 9. The molecular formula is C31H27ClN2O5S. The Bertz CT molecular complexity index is 1590. The van der Waals surface area contributed by atoms with Crippen LogP contribution >= 0.6 is 11.6 Å². The first-order valence-corrected chi connectivity index (χ1v) is 14.6. The first-order chi connectivity index (χ1) is 19.3. The third-order valence-corrected chi connectivity index (χ3v) is 8.99. The summed E-state index contributed by atoms with van der Waals surface area (Å²) in [4.78, 5) is 27.6. The Morgan fingerprint density at radius 3 is 2.08 bits per heavy atom. The van der Waals surface area contributed by atoms with Gasteiger partial charge in [0.1, 0.15) is 4.90 Å². The molecule has 0 atom stereocenters. The molecule has 1 heterocycles. The average Bonchev–Trinajstić information content (AvgIpc) is 3.42. The molecule has 0 fully saturated rings. The van der Waals surface area contributed by atoms with Gasteiger partial charge in [-0.05, 0) is 47.4 Å². The second kappa shape index (κ2) is 11.9. The number of sulfonamides is 1. The van der Waals surface area contributed by atoms with E-state index in [1.165, 1.54) is 22.5 Å². The molecule has 1 amide bonds. The van der Waals surface area contributed by atoms with E-state index in [2.05, 4.69) is 0 Å². The van der Waals surface area contributed by atoms with Crippen LogP contribution in [0.3, 0.4) is 0 Å². The predicted octanol–water partition coefficient (Wildman–Crippen LogP) is 5.48. The van der Waals surface area contributed by atoms with E-state index in [4.69, 9.17) is 16.3 Å². The van der Waals surface area contributed by atoms with E-state index < -0.39 is 22.6 Å². The van der Waals surface area contributed by atoms with Crippen LogP contribution in [0.25, 0.3) is 0 Å². The highest BCUT2D eigenvalue weighted by Gasteiger charge is 2.33. The minimum Gasteiger partial charge on any atom is -0.452 e. The number of fused-ring (bicyclic) bond motifs is 1. The number of carbonyl (C=O) groups excluding carboxylic acids is 2. The van der Waals surface area contributed by atoms with Gasteiger partial charge in [-0.2, -0.15) is 0 Å². The van der Waals surface area contributed by atoms with Crippen molar-refractivity contribution in [3.8, 4) is 0 Å². The maximum absolute atomic E-state index is 13.5. The van der Waals surface area contributed by atoms with Crippen LogP contribution in [0, 0.1) is 0 Å². The zero-order valence-electron chi connectivity index (χ0n) is 21.6. The Hall–Kier alpha value is -4.14. The number of carbonyl (C=O) groups is 2. The molecule has 40 heavy (non-hydrogen) atoms. The van der Waals surface area contributed by atoms with Crippen molar-refractivity contribution >= 4 is 39.2 Å². The first kappa shape index (κ1) is 27.4. The fraction of sp³-hybridized carbons (Fsp3) is 0.161. The van der Waals surface area contributed by atoms with Crippen molar-refractivity contribution < 1.29 is 22.7 Å². The van der Waals surface area contributed by atoms with Gasteiger partial charge in [0, 0.05) is 19.6 Å². The Kier molecular flexibility index (Phi) is 8.19. The monoisotopic (exact) mass is 574 g/mol. The van der Waals surface area contributed by atoms with Gasteiger partial charge in [-0.3, -0.25) is 9.10 Å². The van der Waals surface area contributed by atoms with E-state index in [0.717, 1.165) is 16.7 Å². The quantitative estimate of drug-likeness (QED) is 0.247. The molecule has 0 spiro atoms. The molecule has 0 N–H and O–H groups in total. The molecule has 204 valence electrons. The molecule has 1 aliphatic heterocycles. The van der Waals surface area contributed by atoms with Gasteiger partial charge in [-0.1, -0.05) is 90.5 Å². The number of hydrogen-bond acceptors (Lipinski definition) is 5. The maximum Gasteiger partial charge on any atom is 0.338 e. The Morgan fingerprint density at radius 1 is 0.825 bits per heavy atom. The normalized spacial score (nSPS) is 12.6. The molecule has 0 aliphatic carbocycles. The van der Waals surface area contributed by atoms with Crippen LogP contribution in [0.5, 0.6) is 0 Å². The van der Waals surface area contributed by atoms with Crippen LogP contribution in [-0.4, -0.2) is 38.3 Å².